The second kappa shape index (κ2) is 4.82. The minimum atomic E-state index is 0.453. The van der Waals surface area contributed by atoms with Crippen LogP contribution in [0, 0.1) is 12.3 Å². The van der Waals surface area contributed by atoms with Crippen molar-refractivity contribution in [3.63, 3.8) is 0 Å². The van der Waals surface area contributed by atoms with E-state index in [0.29, 0.717) is 5.41 Å². The van der Waals surface area contributed by atoms with Gasteiger partial charge in [0.2, 0.25) is 0 Å². The molecule has 1 aromatic heterocycles. The van der Waals surface area contributed by atoms with Crippen molar-refractivity contribution in [2.24, 2.45) is 5.41 Å². The minimum absolute atomic E-state index is 0.453. The number of nitrogens with zero attached hydrogens (tertiary/aromatic N) is 2. The fourth-order valence-electron chi connectivity index (χ4n) is 2.46. The molecule has 1 aliphatic heterocycles. The Morgan fingerprint density at radius 1 is 1.62 bits per heavy atom. The number of aromatic nitrogens is 1. The Morgan fingerprint density at radius 3 is 3.00 bits per heavy atom. The first-order valence-electron chi connectivity index (χ1n) is 5.88. The van der Waals surface area contributed by atoms with E-state index in [1.165, 1.54) is 17.8 Å². The van der Waals surface area contributed by atoms with Gasteiger partial charge in [-0.15, -0.1) is 11.3 Å². The summed E-state index contributed by atoms with van der Waals surface area (Å²) >= 11 is 1.80. The molecular formula is C12H21N3S. The van der Waals surface area contributed by atoms with Crippen LogP contribution in [0.25, 0.3) is 0 Å². The first kappa shape index (κ1) is 12.0. The van der Waals surface area contributed by atoms with Crippen LogP contribution in [0.3, 0.4) is 0 Å². The molecule has 1 aromatic rings. The largest absolute Gasteiger partial charge is 0.316 e. The van der Waals surface area contributed by atoms with Gasteiger partial charge in [-0.25, -0.2) is 4.98 Å². The van der Waals surface area contributed by atoms with Gasteiger partial charge in [0.05, 0.1) is 5.01 Å². The van der Waals surface area contributed by atoms with E-state index in [9.17, 15) is 0 Å². The first-order valence-corrected chi connectivity index (χ1v) is 6.70. The lowest BCUT2D eigenvalue weighted by Gasteiger charge is -2.28. The van der Waals surface area contributed by atoms with Crippen LogP contribution < -0.4 is 5.32 Å². The van der Waals surface area contributed by atoms with E-state index in [4.69, 9.17) is 0 Å². The van der Waals surface area contributed by atoms with Crippen molar-refractivity contribution in [3.05, 3.63) is 16.1 Å². The molecule has 1 atom stereocenters. The average molecular weight is 239 g/mol. The Morgan fingerprint density at radius 2 is 2.44 bits per heavy atom. The number of rotatable bonds is 4. The molecule has 3 nitrogen and oxygen atoms in total. The normalized spacial score (nSPS) is 25.5. The standard InChI is InChI=1S/C12H21N3S/c1-10-14-6-11(16-10)7-15(3)9-12(2)4-5-13-8-12/h6,13H,4-5,7-9H2,1-3H3. The molecule has 2 rings (SSSR count). The second-order valence-corrected chi connectivity index (χ2v) is 6.57. The van der Waals surface area contributed by atoms with E-state index in [-0.39, 0.29) is 0 Å². The van der Waals surface area contributed by atoms with Crippen molar-refractivity contribution < 1.29 is 0 Å². The summed E-state index contributed by atoms with van der Waals surface area (Å²) < 4.78 is 0. The van der Waals surface area contributed by atoms with Gasteiger partial charge >= 0.3 is 0 Å². The van der Waals surface area contributed by atoms with E-state index >= 15 is 0 Å². The third-order valence-corrected chi connectivity index (χ3v) is 4.10. The Bertz CT molecular complexity index is 342. The Hall–Kier alpha value is -0.450. The molecule has 1 fully saturated rings. The lowest BCUT2D eigenvalue weighted by molar-refractivity contribution is 0.204. The van der Waals surface area contributed by atoms with Gasteiger partial charge in [0.15, 0.2) is 0 Å². The number of hydrogen-bond acceptors (Lipinski definition) is 4. The van der Waals surface area contributed by atoms with Crippen LogP contribution in [-0.2, 0) is 6.54 Å². The van der Waals surface area contributed by atoms with Gasteiger partial charge in [-0.3, -0.25) is 0 Å². The second-order valence-electron chi connectivity index (χ2n) is 5.26. The van der Waals surface area contributed by atoms with Crippen molar-refractivity contribution in [3.8, 4) is 0 Å². The fourth-order valence-corrected chi connectivity index (χ4v) is 3.33. The number of thiazole rings is 1. The monoisotopic (exact) mass is 239 g/mol. The number of hydrogen-bond donors (Lipinski definition) is 1. The molecule has 0 radical (unpaired) electrons. The van der Waals surface area contributed by atoms with Crippen molar-refractivity contribution >= 4 is 11.3 Å². The Balaban J connectivity index is 1.86. The van der Waals surface area contributed by atoms with Crippen LogP contribution in [0.2, 0.25) is 0 Å². The number of aryl methyl sites for hydroxylation is 1. The number of nitrogens with one attached hydrogen (secondary N) is 1. The summed E-state index contributed by atoms with van der Waals surface area (Å²) in [5.41, 5.74) is 0.453. The molecule has 0 saturated carbocycles. The maximum atomic E-state index is 4.30. The van der Waals surface area contributed by atoms with Crippen molar-refractivity contribution in [1.82, 2.24) is 15.2 Å². The molecule has 90 valence electrons. The van der Waals surface area contributed by atoms with Crippen LogP contribution in [-0.4, -0.2) is 36.6 Å². The van der Waals surface area contributed by atoms with Gasteiger partial charge in [0.1, 0.15) is 0 Å². The molecule has 0 aliphatic carbocycles. The van der Waals surface area contributed by atoms with E-state index < -0.39 is 0 Å². The summed E-state index contributed by atoms with van der Waals surface area (Å²) in [6.07, 6.45) is 3.30. The maximum absolute atomic E-state index is 4.30. The van der Waals surface area contributed by atoms with Crippen molar-refractivity contribution in [2.75, 3.05) is 26.7 Å². The molecule has 1 saturated heterocycles. The molecule has 1 unspecified atom stereocenters. The summed E-state index contributed by atoms with van der Waals surface area (Å²) in [7, 11) is 2.21. The van der Waals surface area contributed by atoms with E-state index in [0.717, 1.165) is 24.6 Å². The lowest BCUT2D eigenvalue weighted by Crippen LogP contribution is -2.34. The molecule has 1 aliphatic rings. The molecule has 16 heavy (non-hydrogen) atoms. The van der Waals surface area contributed by atoms with Gasteiger partial charge in [-0.05, 0) is 32.4 Å². The highest BCUT2D eigenvalue weighted by Gasteiger charge is 2.29. The van der Waals surface area contributed by atoms with Crippen LogP contribution in [0.5, 0.6) is 0 Å². The van der Waals surface area contributed by atoms with Crippen LogP contribution in [0.1, 0.15) is 23.2 Å². The van der Waals surface area contributed by atoms with Crippen LogP contribution >= 0.6 is 11.3 Å². The smallest absolute Gasteiger partial charge is 0.0897 e. The van der Waals surface area contributed by atoms with Gasteiger partial charge in [-0.2, -0.15) is 0 Å². The first-order chi connectivity index (χ1) is 7.57. The molecule has 0 aromatic carbocycles. The summed E-state index contributed by atoms with van der Waals surface area (Å²) in [5, 5.41) is 4.61. The third-order valence-electron chi connectivity index (χ3n) is 3.20. The molecule has 0 amide bonds. The Kier molecular flexibility index (Phi) is 3.62. The van der Waals surface area contributed by atoms with E-state index in [2.05, 4.69) is 36.1 Å². The topological polar surface area (TPSA) is 28.2 Å². The molecule has 4 heteroatoms. The summed E-state index contributed by atoms with van der Waals surface area (Å²) in [6.45, 7) is 8.96. The molecule has 1 N–H and O–H groups in total. The van der Waals surface area contributed by atoms with Crippen molar-refractivity contribution in [2.45, 2.75) is 26.8 Å². The average Bonchev–Trinajstić information content (AvgIpc) is 2.75. The van der Waals surface area contributed by atoms with Gasteiger partial charge in [-0.1, -0.05) is 6.92 Å². The van der Waals surface area contributed by atoms with Crippen LogP contribution in [0.15, 0.2) is 6.20 Å². The summed E-state index contributed by atoms with van der Waals surface area (Å²) in [4.78, 5) is 8.08. The SMILES string of the molecule is Cc1ncc(CN(C)CC2(C)CCNC2)s1. The highest BCUT2D eigenvalue weighted by atomic mass is 32.1. The van der Waals surface area contributed by atoms with Crippen LogP contribution in [0.4, 0.5) is 0 Å². The molecule has 0 spiro atoms. The minimum Gasteiger partial charge on any atom is -0.316 e. The zero-order chi connectivity index (χ0) is 11.6. The Labute approximate surface area is 102 Å². The lowest BCUT2D eigenvalue weighted by atomic mass is 9.89. The van der Waals surface area contributed by atoms with Crippen molar-refractivity contribution in [1.29, 1.82) is 0 Å². The van der Waals surface area contributed by atoms with Gasteiger partial charge in [0.25, 0.3) is 0 Å². The molecule has 0 bridgehead atoms. The third kappa shape index (κ3) is 3.03. The quantitative estimate of drug-likeness (QED) is 0.869. The van der Waals surface area contributed by atoms with E-state index in [1.54, 1.807) is 11.3 Å². The highest BCUT2D eigenvalue weighted by molar-refractivity contribution is 7.11. The van der Waals surface area contributed by atoms with E-state index in [1.807, 2.05) is 6.20 Å². The zero-order valence-electron chi connectivity index (χ0n) is 10.4. The molecule has 2 heterocycles. The summed E-state index contributed by atoms with van der Waals surface area (Å²) in [5.74, 6) is 0. The summed E-state index contributed by atoms with van der Waals surface area (Å²) in [6, 6.07) is 0. The predicted octanol–water partition coefficient (Wildman–Crippen LogP) is 1.88. The van der Waals surface area contributed by atoms with Gasteiger partial charge in [0, 0.05) is 30.7 Å². The zero-order valence-corrected chi connectivity index (χ0v) is 11.2. The predicted molar refractivity (Wildman–Crippen MR) is 68.8 cm³/mol. The fraction of sp³-hybridized carbons (Fsp3) is 0.750. The maximum Gasteiger partial charge on any atom is 0.0897 e. The highest BCUT2D eigenvalue weighted by Crippen LogP contribution is 2.26. The molecular weight excluding hydrogens is 218 g/mol. The van der Waals surface area contributed by atoms with Gasteiger partial charge < -0.3 is 10.2 Å².